The molecule has 0 saturated carbocycles. The molecule has 1 aliphatic heterocycles. The van der Waals surface area contributed by atoms with Crippen molar-refractivity contribution in [3.05, 3.63) is 34.9 Å². The molecule has 0 aromatic heterocycles. The number of hydrogen-bond acceptors (Lipinski definition) is 2. The van der Waals surface area contributed by atoms with E-state index in [1.54, 1.807) is 0 Å². The monoisotopic (exact) mass is 308 g/mol. The number of halogens is 1. The summed E-state index contributed by atoms with van der Waals surface area (Å²) >= 11 is 0. The maximum atomic E-state index is 12.1. The van der Waals surface area contributed by atoms with Crippen molar-refractivity contribution in [1.82, 2.24) is 10.6 Å². The van der Waals surface area contributed by atoms with Crippen molar-refractivity contribution in [2.24, 2.45) is 5.92 Å². The molecule has 2 N–H and O–H groups in total. The van der Waals surface area contributed by atoms with Crippen LogP contribution in [0.5, 0.6) is 0 Å². The zero-order valence-electron chi connectivity index (χ0n) is 12.7. The number of amides is 1. The van der Waals surface area contributed by atoms with Crippen LogP contribution in [0.15, 0.2) is 18.2 Å². The molecule has 0 spiro atoms. The normalized spacial score (nSPS) is 23.5. The van der Waals surface area contributed by atoms with Gasteiger partial charge in [0.2, 0.25) is 5.91 Å². The van der Waals surface area contributed by atoms with Gasteiger partial charge in [0.1, 0.15) is 0 Å². The van der Waals surface area contributed by atoms with E-state index in [0.29, 0.717) is 12.3 Å². The predicted octanol–water partition coefficient (Wildman–Crippen LogP) is 2.91. The van der Waals surface area contributed by atoms with Crippen LogP contribution in [0.1, 0.15) is 48.4 Å². The highest BCUT2D eigenvalue weighted by Crippen LogP contribution is 2.31. The molecule has 0 bridgehead atoms. The van der Waals surface area contributed by atoms with Crippen LogP contribution >= 0.6 is 12.4 Å². The van der Waals surface area contributed by atoms with Crippen molar-refractivity contribution in [2.45, 2.75) is 45.1 Å². The summed E-state index contributed by atoms with van der Waals surface area (Å²) < 4.78 is 0. The van der Waals surface area contributed by atoms with Crippen LogP contribution in [0.25, 0.3) is 0 Å². The lowest BCUT2D eigenvalue weighted by Crippen LogP contribution is -2.27. The summed E-state index contributed by atoms with van der Waals surface area (Å²) in [5.41, 5.74) is 4.05. The van der Waals surface area contributed by atoms with Crippen LogP contribution < -0.4 is 10.6 Å². The molecule has 2 unspecified atom stereocenters. The molecule has 1 heterocycles. The molecule has 3 rings (SSSR count). The highest BCUT2D eigenvalue weighted by molar-refractivity contribution is 5.85. The summed E-state index contributed by atoms with van der Waals surface area (Å²) in [5.74, 6) is 0.912. The summed E-state index contributed by atoms with van der Waals surface area (Å²) in [6.07, 6.45) is 5.05. The lowest BCUT2D eigenvalue weighted by molar-refractivity contribution is -0.122. The number of rotatable bonds is 4. The first-order chi connectivity index (χ1) is 9.72. The molecule has 1 fully saturated rings. The summed E-state index contributed by atoms with van der Waals surface area (Å²) in [6, 6.07) is 6.82. The first-order valence-electron chi connectivity index (χ1n) is 7.82. The minimum atomic E-state index is 0. The fraction of sp³-hybridized carbons (Fsp3) is 0.588. The average molecular weight is 309 g/mol. The highest BCUT2D eigenvalue weighted by atomic mass is 35.5. The van der Waals surface area contributed by atoms with E-state index < -0.39 is 0 Å². The lowest BCUT2D eigenvalue weighted by atomic mass is 10.0. The van der Waals surface area contributed by atoms with Gasteiger partial charge in [0, 0.05) is 6.42 Å². The number of nitrogens with one attached hydrogen (secondary N) is 2. The Labute approximate surface area is 133 Å². The zero-order chi connectivity index (χ0) is 13.9. The van der Waals surface area contributed by atoms with E-state index in [1.807, 2.05) is 0 Å². The van der Waals surface area contributed by atoms with Crippen molar-refractivity contribution in [2.75, 3.05) is 13.1 Å². The minimum absolute atomic E-state index is 0. The van der Waals surface area contributed by atoms with Crippen molar-refractivity contribution >= 4 is 18.3 Å². The molecule has 2 aliphatic rings. The summed E-state index contributed by atoms with van der Waals surface area (Å²) in [4.78, 5) is 12.1. The largest absolute Gasteiger partial charge is 0.349 e. The molecule has 1 amide bonds. The maximum absolute atomic E-state index is 12.1. The summed E-state index contributed by atoms with van der Waals surface area (Å²) in [5, 5.41) is 6.57. The van der Waals surface area contributed by atoms with Crippen molar-refractivity contribution in [3.63, 3.8) is 0 Å². The molecule has 3 nitrogen and oxygen atoms in total. The van der Waals surface area contributed by atoms with E-state index in [0.717, 1.165) is 32.4 Å². The second kappa shape index (κ2) is 7.28. The van der Waals surface area contributed by atoms with E-state index in [-0.39, 0.29) is 24.4 Å². The molecular weight excluding hydrogens is 284 g/mol. The third-order valence-corrected chi connectivity index (χ3v) is 4.65. The van der Waals surface area contributed by atoms with Crippen LogP contribution in [-0.2, 0) is 11.2 Å². The van der Waals surface area contributed by atoms with Gasteiger partial charge < -0.3 is 10.6 Å². The Morgan fingerprint density at radius 3 is 3.00 bits per heavy atom. The Bertz CT molecular complexity index is 498. The molecule has 1 aliphatic carbocycles. The first kappa shape index (κ1) is 16.3. The maximum Gasteiger partial charge on any atom is 0.220 e. The number of benzene rings is 1. The SMILES string of the molecule is Cc1ccc2c(c1)CCC2NC(=O)CCC1CCNC1.Cl. The Balaban J connectivity index is 0.00000161. The molecule has 116 valence electrons. The van der Waals surface area contributed by atoms with Crippen molar-refractivity contribution in [1.29, 1.82) is 0 Å². The zero-order valence-corrected chi connectivity index (χ0v) is 13.5. The van der Waals surface area contributed by atoms with Gasteiger partial charge in [-0.3, -0.25) is 4.79 Å². The first-order valence-corrected chi connectivity index (χ1v) is 7.82. The summed E-state index contributed by atoms with van der Waals surface area (Å²) in [7, 11) is 0. The van der Waals surface area contributed by atoms with Crippen LogP contribution in [0.3, 0.4) is 0 Å². The van der Waals surface area contributed by atoms with Gasteiger partial charge in [-0.25, -0.2) is 0 Å². The predicted molar refractivity (Wildman–Crippen MR) is 87.8 cm³/mol. The third kappa shape index (κ3) is 3.98. The van der Waals surface area contributed by atoms with Gasteiger partial charge in [-0.05, 0) is 62.7 Å². The quantitative estimate of drug-likeness (QED) is 0.898. The van der Waals surface area contributed by atoms with E-state index >= 15 is 0 Å². The Hall–Kier alpha value is -1.06. The van der Waals surface area contributed by atoms with Gasteiger partial charge in [0.15, 0.2) is 0 Å². The van der Waals surface area contributed by atoms with Gasteiger partial charge >= 0.3 is 0 Å². The number of carbonyl (C=O) groups is 1. The summed E-state index contributed by atoms with van der Waals surface area (Å²) in [6.45, 7) is 4.32. The second-order valence-electron chi connectivity index (χ2n) is 6.26. The van der Waals surface area contributed by atoms with E-state index in [4.69, 9.17) is 0 Å². The minimum Gasteiger partial charge on any atom is -0.349 e. The van der Waals surface area contributed by atoms with Crippen molar-refractivity contribution in [3.8, 4) is 0 Å². The average Bonchev–Trinajstić information content (AvgIpc) is 3.06. The van der Waals surface area contributed by atoms with Gasteiger partial charge in [-0.15, -0.1) is 12.4 Å². The fourth-order valence-corrected chi connectivity index (χ4v) is 3.46. The van der Waals surface area contributed by atoms with E-state index in [9.17, 15) is 4.79 Å². The lowest BCUT2D eigenvalue weighted by Gasteiger charge is -2.15. The fourth-order valence-electron chi connectivity index (χ4n) is 3.46. The number of aryl methyl sites for hydroxylation is 2. The second-order valence-corrected chi connectivity index (χ2v) is 6.26. The number of hydrogen-bond donors (Lipinski definition) is 2. The van der Waals surface area contributed by atoms with E-state index in [2.05, 4.69) is 35.8 Å². The topological polar surface area (TPSA) is 41.1 Å². The highest BCUT2D eigenvalue weighted by Gasteiger charge is 2.24. The molecule has 0 radical (unpaired) electrons. The van der Waals surface area contributed by atoms with Gasteiger partial charge in [0.25, 0.3) is 0 Å². The molecular formula is C17H25ClN2O. The van der Waals surface area contributed by atoms with Crippen LogP contribution in [0.2, 0.25) is 0 Å². The molecule has 1 aromatic carbocycles. The van der Waals surface area contributed by atoms with Crippen molar-refractivity contribution < 1.29 is 4.79 Å². The van der Waals surface area contributed by atoms with Crippen LogP contribution in [-0.4, -0.2) is 19.0 Å². The Kier molecular flexibility index (Phi) is 5.65. The van der Waals surface area contributed by atoms with Crippen LogP contribution in [0.4, 0.5) is 0 Å². The third-order valence-electron chi connectivity index (χ3n) is 4.65. The van der Waals surface area contributed by atoms with Crippen LogP contribution in [0, 0.1) is 12.8 Å². The number of carbonyl (C=O) groups excluding carboxylic acids is 1. The smallest absolute Gasteiger partial charge is 0.220 e. The Morgan fingerprint density at radius 2 is 2.24 bits per heavy atom. The van der Waals surface area contributed by atoms with Gasteiger partial charge in [-0.1, -0.05) is 23.8 Å². The molecule has 2 atom stereocenters. The Morgan fingerprint density at radius 1 is 1.38 bits per heavy atom. The standard InChI is InChI=1S/C17H24N2O.ClH/c1-12-2-5-15-14(10-12)4-6-16(15)19-17(20)7-3-13-8-9-18-11-13;/h2,5,10,13,16,18H,3-4,6-9,11H2,1H3,(H,19,20);1H. The molecule has 21 heavy (non-hydrogen) atoms. The molecule has 4 heteroatoms. The molecule has 1 aromatic rings. The van der Waals surface area contributed by atoms with Gasteiger partial charge in [0.05, 0.1) is 6.04 Å². The number of fused-ring (bicyclic) bond motifs is 1. The van der Waals surface area contributed by atoms with Gasteiger partial charge in [-0.2, -0.15) is 0 Å². The molecule has 1 saturated heterocycles. The van der Waals surface area contributed by atoms with E-state index in [1.165, 1.54) is 23.1 Å².